The maximum Gasteiger partial charge on any atom is 0.417 e. The fourth-order valence-electron chi connectivity index (χ4n) is 2.16. The predicted molar refractivity (Wildman–Crippen MR) is 89.2 cm³/mol. The molecule has 0 rings (SSSR count). The quantitative estimate of drug-likeness (QED) is 0.608. The molecule has 0 aromatic heterocycles. The first-order valence-corrected chi connectivity index (χ1v) is 12.2. The van der Waals surface area contributed by atoms with Crippen LogP contribution in [-0.2, 0) is 17.7 Å². The number of rotatable bonds is 9. The van der Waals surface area contributed by atoms with Gasteiger partial charge in [0.05, 0.1) is 8.07 Å². The van der Waals surface area contributed by atoms with Crippen molar-refractivity contribution in [2.45, 2.75) is 33.4 Å². The first kappa shape index (κ1) is 20.0. The summed E-state index contributed by atoms with van der Waals surface area (Å²) in [5.74, 6) is 0. The maximum absolute atomic E-state index is 5.42. The van der Waals surface area contributed by atoms with E-state index in [9.17, 15) is 0 Å². The van der Waals surface area contributed by atoms with E-state index in [2.05, 4.69) is 38.7 Å². The molecule has 0 aliphatic heterocycles. The first-order chi connectivity index (χ1) is 9.37. The molecule has 0 spiro atoms. The SMILES string of the molecule is CC[Si](C)(C=C(C)[Si](OC)OC)C=C(C)[Si](OC)OC. The molecule has 4 nitrogen and oxygen atoms in total. The Hall–Kier alpha value is -0.0294. The summed E-state index contributed by atoms with van der Waals surface area (Å²) in [7, 11) is 2.60. The van der Waals surface area contributed by atoms with E-state index in [0.717, 1.165) is 6.04 Å². The molecule has 116 valence electrons. The van der Waals surface area contributed by atoms with Crippen LogP contribution >= 0.6 is 0 Å². The molecule has 0 N–H and O–H groups in total. The molecular weight excluding hydrogens is 304 g/mol. The van der Waals surface area contributed by atoms with Crippen molar-refractivity contribution in [3.05, 3.63) is 21.8 Å². The lowest BCUT2D eigenvalue weighted by Gasteiger charge is -2.22. The van der Waals surface area contributed by atoms with Crippen molar-refractivity contribution in [2.24, 2.45) is 0 Å². The van der Waals surface area contributed by atoms with E-state index in [-0.39, 0.29) is 0 Å². The van der Waals surface area contributed by atoms with Crippen LogP contribution in [0.1, 0.15) is 20.8 Å². The van der Waals surface area contributed by atoms with Crippen LogP contribution in [0.3, 0.4) is 0 Å². The number of allylic oxidation sites excluding steroid dienone is 2. The normalized spacial score (nSPS) is 16.9. The summed E-state index contributed by atoms with van der Waals surface area (Å²) in [6.45, 7) is 8.78. The maximum atomic E-state index is 5.42. The summed E-state index contributed by atoms with van der Waals surface area (Å²) in [5, 5.41) is 2.45. The van der Waals surface area contributed by atoms with Crippen LogP contribution in [0.15, 0.2) is 21.8 Å². The third kappa shape index (κ3) is 6.17. The standard InChI is InChI=1S/C13H28O4Si3/c1-9-20(8,10-12(2)18(14-4)15-5)11-13(3)19(16-6)17-7/h10-11H,9H2,1-8H3. The van der Waals surface area contributed by atoms with Crippen LogP contribution < -0.4 is 0 Å². The van der Waals surface area contributed by atoms with Crippen molar-refractivity contribution >= 4 is 26.6 Å². The molecule has 0 fully saturated rings. The zero-order valence-corrected chi connectivity index (χ0v) is 17.0. The van der Waals surface area contributed by atoms with Crippen molar-refractivity contribution < 1.29 is 17.7 Å². The van der Waals surface area contributed by atoms with Gasteiger partial charge in [0.15, 0.2) is 0 Å². The Morgan fingerprint density at radius 1 is 0.850 bits per heavy atom. The lowest BCUT2D eigenvalue weighted by atomic mass is 10.7. The minimum Gasteiger partial charge on any atom is -0.393 e. The van der Waals surface area contributed by atoms with Crippen LogP contribution in [-0.4, -0.2) is 55.1 Å². The second kappa shape index (κ2) is 9.83. The van der Waals surface area contributed by atoms with Crippen molar-refractivity contribution in [1.29, 1.82) is 0 Å². The topological polar surface area (TPSA) is 36.9 Å². The summed E-state index contributed by atoms with van der Waals surface area (Å²) in [5.41, 5.74) is 4.76. The number of hydrogen-bond donors (Lipinski definition) is 0. The molecule has 0 aromatic carbocycles. The van der Waals surface area contributed by atoms with E-state index in [1.165, 1.54) is 10.4 Å². The monoisotopic (exact) mass is 332 g/mol. The van der Waals surface area contributed by atoms with Gasteiger partial charge in [-0.3, -0.25) is 0 Å². The first-order valence-electron chi connectivity index (χ1n) is 6.66. The van der Waals surface area contributed by atoms with E-state index in [4.69, 9.17) is 17.7 Å². The molecule has 0 saturated heterocycles. The van der Waals surface area contributed by atoms with E-state index < -0.39 is 26.6 Å². The van der Waals surface area contributed by atoms with Crippen molar-refractivity contribution in [3.63, 3.8) is 0 Å². The Balaban J connectivity index is 5.29. The fraction of sp³-hybridized carbons (Fsp3) is 0.692. The van der Waals surface area contributed by atoms with Crippen LogP contribution in [0.4, 0.5) is 0 Å². The van der Waals surface area contributed by atoms with Crippen LogP contribution in [0.5, 0.6) is 0 Å². The smallest absolute Gasteiger partial charge is 0.393 e. The van der Waals surface area contributed by atoms with Crippen molar-refractivity contribution in [1.82, 2.24) is 0 Å². The Morgan fingerprint density at radius 3 is 1.35 bits per heavy atom. The minimum absolute atomic E-state index is 1.13. The van der Waals surface area contributed by atoms with Gasteiger partial charge in [0.2, 0.25) is 0 Å². The van der Waals surface area contributed by atoms with E-state index in [0.29, 0.717) is 0 Å². The van der Waals surface area contributed by atoms with E-state index >= 15 is 0 Å². The largest absolute Gasteiger partial charge is 0.417 e. The van der Waals surface area contributed by atoms with Gasteiger partial charge < -0.3 is 17.7 Å². The summed E-state index contributed by atoms with van der Waals surface area (Å²) >= 11 is 0. The Labute approximate surface area is 128 Å². The van der Waals surface area contributed by atoms with Crippen LogP contribution in [0.25, 0.3) is 0 Å². The Morgan fingerprint density at radius 2 is 1.15 bits per heavy atom. The predicted octanol–water partition coefficient (Wildman–Crippen LogP) is 2.70. The molecule has 0 atom stereocenters. The number of hydrogen-bond acceptors (Lipinski definition) is 4. The minimum atomic E-state index is -1.63. The highest BCUT2D eigenvalue weighted by Crippen LogP contribution is 2.19. The van der Waals surface area contributed by atoms with Gasteiger partial charge in [0.1, 0.15) is 0 Å². The van der Waals surface area contributed by atoms with Crippen LogP contribution in [0, 0.1) is 0 Å². The molecule has 0 aliphatic carbocycles. The molecule has 0 unspecified atom stereocenters. The third-order valence-corrected chi connectivity index (χ3v) is 10.6. The molecule has 0 aliphatic rings. The molecule has 0 heterocycles. The lowest BCUT2D eigenvalue weighted by Crippen LogP contribution is -2.32. The highest BCUT2D eigenvalue weighted by molar-refractivity contribution is 6.89. The summed E-state index contributed by atoms with van der Waals surface area (Å²) in [6, 6.07) is 1.13. The zero-order chi connectivity index (χ0) is 15.8. The second-order valence-electron chi connectivity index (χ2n) is 4.91. The van der Waals surface area contributed by atoms with E-state index in [1.807, 2.05) is 0 Å². The second-order valence-corrected chi connectivity index (χ2v) is 13.6. The highest BCUT2D eigenvalue weighted by Gasteiger charge is 2.26. The zero-order valence-electron chi connectivity index (χ0n) is 14.0. The van der Waals surface area contributed by atoms with Gasteiger partial charge in [0, 0.05) is 28.4 Å². The summed E-state index contributed by atoms with van der Waals surface area (Å²) in [4.78, 5) is 0. The molecule has 0 amide bonds. The van der Waals surface area contributed by atoms with Crippen molar-refractivity contribution in [3.8, 4) is 0 Å². The molecule has 20 heavy (non-hydrogen) atoms. The molecule has 7 heteroatoms. The summed E-state index contributed by atoms with van der Waals surface area (Å²) < 4.78 is 21.7. The fourth-order valence-corrected chi connectivity index (χ4v) is 9.18. The van der Waals surface area contributed by atoms with Gasteiger partial charge in [-0.25, -0.2) is 0 Å². The Kier molecular flexibility index (Phi) is 9.81. The molecule has 0 aromatic rings. The lowest BCUT2D eigenvalue weighted by molar-refractivity contribution is 0.287. The molecule has 0 bridgehead atoms. The van der Waals surface area contributed by atoms with Crippen molar-refractivity contribution in [2.75, 3.05) is 28.4 Å². The van der Waals surface area contributed by atoms with Gasteiger partial charge >= 0.3 is 18.6 Å². The molecule has 2 radical (unpaired) electrons. The van der Waals surface area contributed by atoms with Crippen LogP contribution in [0.2, 0.25) is 12.6 Å². The van der Waals surface area contributed by atoms with Gasteiger partial charge in [-0.2, -0.15) is 0 Å². The average Bonchev–Trinajstić information content (AvgIpc) is 2.41. The Bertz CT molecular complexity index is 309. The highest BCUT2D eigenvalue weighted by atomic mass is 28.3. The van der Waals surface area contributed by atoms with Gasteiger partial charge in [0.25, 0.3) is 0 Å². The summed E-state index contributed by atoms with van der Waals surface area (Å²) in [6.07, 6.45) is 0. The van der Waals surface area contributed by atoms with Gasteiger partial charge in [-0.1, -0.05) is 30.9 Å². The van der Waals surface area contributed by atoms with Gasteiger partial charge in [-0.15, -0.1) is 0 Å². The molecule has 0 saturated carbocycles. The van der Waals surface area contributed by atoms with E-state index in [1.54, 1.807) is 28.4 Å². The molecular formula is C13H28O4Si3. The average molecular weight is 333 g/mol. The third-order valence-electron chi connectivity index (χ3n) is 3.24. The van der Waals surface area contributed by atoms with Gasteiger partial charge in [-0.05, 0) is 24.2 Å².